The molecule has 0 bridgehead atoms. The molecule has 0 spiro atoms. The van der Waals surface area contributed by atoms with Crippen molar-refractivity contribution >= 4 is 17.5 Å². The van der Waals surface area contributed by atoms with Crippen LogP contribution in [0.1, 0.15) is 39.3 Å². The number of unbranched alkanes of at least 4 members (excludes halogenated alkanes) is 1. The quantitative estimate of drug-likeness (QED) is 0.691. The van der Waals surface area contributed by atoms with Gasteiger partial charge in [-0.25, -0.2) is 0 Å². The molecule has 1 aliphatic heterocycles. The lowest BCUT2D eigenvalue weighted by Crippen LogP contribution is -2.48. The van der Waals surface area contributed by atoms with E-state index in [1.54, 1.807) is 31.4 Å². The van der Waals surface area contributed by atoms with Crippen LogP contribution in [0.25, 0.3) is 0 Å². The fourth-order valence-corrected chi connectivity index (χ4v) is 3.47. The van der Waals surface area contributed by atoms with Gasteiger partial charge in [-0.05, 0) is 62.2 Å². The van der Waals surface area contributed by atoms with Crippen LogP contribution >= 0.6 is 0 Å². The van der Waals surface area contributed by atoms with Crippen molar-refractivity contribution in [3.8, 4) is 0 Å². The van der Waals surface area contributed by atoms with Crippen molar-refractivity contribution in [1.82, 2.24) is 9.80 Å². The molecule has 2 heterocycles. The number of nitrogens with one attached hydrogen (secondary N) is 1. The lowest BCUT2D eigenvalue weighted by atomic mass is 10.1. The van der Waals surface area contributed by atoms with Crippen LogP contribution in [-0.2, 0) is 4.74 Å². The summed E-state index contributed by atoms with van der Waals surface area (Å²) in [5.41, 5.74) is 2.16. The molecule has 1 fully saturated rings. The molecule has 7 nitrogen and oxygen atoms in total. The molecule has 0 radical (unpaired) electrons. The molecular formula is C22H29N3O4. The Balaban J connectivity index is 1.52. The van der Waals surface area contributed by atoms with Crippen molar-refractivity contribution < 1.29 is 18.7 Å². The zero-order valence-corrected chi connectivity index (χ0v) is 17.1. The summed E-state index contributed by atoms with van der Waals surface area (Å²) in [6.07, 6.45) is 3.65. The van der Waals surface area contributed by atoms with Gasteiger partial charge in [0.05, 0.1) is 6.26 Å². The SMILES string of the molecule is COCCCCN1CCN(C(=O)c2ccc(NC(=O)c3ccco3)c(C)c2)CC1. The standard InChI is InChI=1S/C22H29N3O4/c1-17-16-18(7-8-19(17)23-21(26)20-6-5-15-29-20)22(27)25-12-10-24(11-13-25)9-3-4-14-28-2/h5-8,15-16H,3-4,9-14H2,1-2H3,(H,23,26). The number of methoxy groups -OCH3 is 1. The van der Waals surface area contributed by atoms with E-state index < -0.39 is 0 Å². The summed E-state index contributed by atoms with van der Waals surface area (Å²) in [6.45, 7) is 7.00. The second-order valence-corrected chi connectivity index (χ2v) is 7.29. The van der Waals surface area contributed by atoms with Gasteiger partial charge in [0.2, 0.25) is 0 Å². The summed E-state index contributed by atoms with van der Waals surface area (Å²) in [5.74, 6) is -0.0144. The van der Waals surface area contributed by atoms with E-state index in [2.05, 4.69) is 10.2 Å². The molecule has 1 aromatic carbocycles. The van der Waals surface area contributed by atoms with Crippen LogP contribution in [0.2, 0.25) is 0 Å². The molecule has 156 valence electrons. The smallest absolute Gasteiger partial charge is 0.291 e. The number of rotatable bonds is 8. The predicted molar refractivity (Wildman–Crippen MR) is 111 cm³/mol. The largest absolute Gasteiger partial charge is 0.459 e. The molecule has 1 aromatic heterocycles. The average Bonchev–Trinajstić information content (AvgIpc) is 3.28. The van der Waals surface area contributed by atoms with Gasteiger partial charge in [-0.2, -0.15) is 0 Å². The van der Waals surface area contributed by atoms with Crippen LogP contribution in [-0.4, -0.2) is 68.1 Å². The highest BCUT2D eigenvalue weighted by Crippen LogP contribution is 2.19. The van der Waals surface area contributed by atoms with Gasteiger partial charge in [-0.15, -0.1) is 0 Å². The van der Waals surface area contributed by atoms with E-state index in [-0.39, 0.29) is 17.6 Å². The molecule has 2 amide bonds. The van der Waals surface area contributed by atoms with Crippen molar-refractivity contribution in [2.75, 3.05) is 51.8 Å². The van der Waals surface area contributed by atoms with Crippen LogP contribution in [0.15, 0.2) is 41.0 Å². The number of hydrogen-bond donors (Lipinski definition) is 1. The molecule has 29 heavy (non-hydrogen) atoms. The van der Waals surface area contributed by atoms with Crippen molar-refractivity contribution in [2.24, 2.45) is 0 Å². The third-order valence-electron chi connectivity index (χ3n) is 5.20. The number of nitrogens with zero attached hydrogens (tertiary/aromatic N) is 2. The molecule has 1 aliphatic rings. The lowest BCUT2D eigenvalue weighted by molar-refractivity contribution is 0.0632. The molecule has 2 aromatic rings. The second kappa shape index (κ2) is 10.2. The fourth-order valence-electron chi connectivity index (χ4n) is 3.47. The fraction of sp³-hybridized carbons (Fsp3) is 0.455. The monoisotopic (exact) mass is 399 g/mol. The van der Waals surface area contributed by atoms with E-state index in [0.717, 1.165) is 57.7 Å². The normalized spacial score (nSPS) is 14.8. The van der Waals surface area contributed by atoms with E-state index in [4.69, 9.17) is 9.15 Å². The van der Waals surface area contributed by atoms with E-state index in [1.807, 2.05) is 17.9 Å². The molecule has 0 aliphatic carbocycles. The Labute approximate surface area is 171 Å². The van der Waals surface area contributed by atoms with Crippen molar-refractivity contribution in [3.05, 3.63) is 53.5 Å². The number of amides is 2. The Bertz CT molecular complexity index is 811. The third kappa shape index (κ3) is 5.68. The van der Waals surface area contributed by atoms with Gasteiger partial charge < -0.3 is 19.4 Å². The number of aryl methyl sites for hydroxylation is 1. The van der Waals surface area contributed by atoms with E-state index >= 15 is 0 Å². The van der Waals surface area contributed by atoms with Crippen LogP contribution in [0.5, 0.6) is 0 Å². The Morgan fingerprint density at radius 2 is 1.93 bits per heavy atom. The molecular weight excluding hydrogens is 370 g/mol. The summed E-state index contributed by atoms with van der Waals surface area (Å²) in [6, 6.07) is 8.65. The Morgan fingerprint density at radius 1 is 1.14 bits per heavy atom. The topological polar surface area (TPSA) is 75.0 Å². The van der Waals surface area contributed by atoms with Gasteiger partial charge in [-0.1, -0.05) is 0 Å². The number of benzene rings is 1. The maximum absolute atomic E-state index is 12.9. The van der Waals surface area contributed by atoms with Crippen molar-refractivity contribution in [2.45, 2.75) is 19.8 Å². The number of piperazine rings is 1. The first-order chi connectivity index (χ1) is 14.1. The summed E-state index contributed by atoms with van der Waals surface area (Å²) < 4.78 is 10.2. The molecule has 0 unspecified atom stereocenters. The number of anilines is 1. The van der Waals surface area contributed by atoms with Crippen molar-refractivity contribution in [3.63, 3.8) is 0 Å². The first-order valence-corrected chi connectivity index (χ1v) is 10.0. The molecule has 3 rings (SSSR count). The minimum absolute atomic E-state index is 0.0380. The minimum atomic E-state index is -0.307. The molecule has 1 N–H and O–H groups in total. The second-order valence-electron chi connectivity index (χ2n) is 7.29. The van der Waals surface area contributed by atoms with Gasteiger partial charge in [0.1, 0.15) is 0 Å². The van der Waals surface area contributed by atoms with Gasteiger partial charge in [0.25, 0.3) is 11.8 Å². The van der Waals surface area contributed by atoms with Crippen molar-refractivity contribution in [1.29, 1.82) is 0 Å². The summed E-state index contributed by atoms with van der Waals surface area (Å²) >= 11 is 0. The highest BCUT2D eigenvalue weighted by atomic mass is 16.5. The highest BCUT2D eigenvalue weighted by Gasteiger charge is 2.22. The Morgan fingerprint density at radius 3 is 2.59 bits per heavy atom. The molecule has 1 saturated heterocycles. The lowest BCUT2D eigenvalue weighted by Gasteiger charge is -2.34. The third-order valence-corrected chi connectivity index (χ3v) is 5.20. The van der Waals surface area contributed by atoms with E-state index in [9.17, 15) is 9.59 Å². The zero-order chi connectivity index (χ0) is 20.6. The number of carbonyl (C=O) groups is 2. The number of carbonyl (C=O) groups excluding carboxylic acids is 2. The Hall–Kier alpha value is -2.64. The molecule has 7 heteroatoms. The average molecular weight is 399 g/mol. The number of ether oxygens (including phenoxy) is 1. The van der Waals surface area contributed by atoms with Gasteiger partial charge in [0.15, 0.2) is 5.76 Å². The van der Waals surface area contributed by atoms with Crippen LogP contribution in [0.4, 0.5) is 5.69 Å². The first kappa shape index (κ1) is 21.1. The molecule has 0 atom stereocenters. The highest BCUT2D eigenvalue weighted by molar-refractivity contribution is 6.03. The van der Waals surface area contributed by atoms with E-state index in [0.29, 0.717) is 11.3 Å². The maximum atomic E-state index is 12.9. The zero-order valence-electron chi connectivity index (χ0n) is 17.1. The summed E-state index contributed by atoms with van der Waals surface area (Å²) in [5, 5.41) is 2.82. The van der Waals surface area contributed by atoms with Crippen LogP contribution < -0.4 is 5.32 Å². The minimum Gasteiger partial charge on any atom is -0.459 e. The molecule has 0 saturated carbocycles. The maximum Gasteiger partial charge on any atom is 0.291 e. The van der Waals surface area contributed by atoms with Gasteiger partial charge in [0, 0.05) is 51.1 Å². The van der Waals surface area contributed by atoms with Crippen LogP contribution in [0.3, 0.4) is 0 Å². The number of hydrogen-bond acceptors (Lipinski definition) is 5. The Kier molecular flexibility index (Phi) is 7.43. The number of furan rings is 1. The summed E-state index contributed by atoms with van der Waals surface area (Å²) in [7, 11) is 1.73. The van der Waals surface area contributed by atoms with E-state index in [1.165, 1.54) is 6.26 Å². The van der Waals surface area contributed by atoms with Crippen LogP contribution in [0, 0.1) is 6.92 Å². The summed E-state index contributed by atoms with van der Waals surface area (Å²) in [4.78, 5) is 29.3. The van der Waals surface area contributed by atoms with Gasteiger partial charge in [-0.3, -0.25) is 14.5 Å². The predicted octanol–water partition coefficient (Wildman–Crippen LogP) is 3.02. The van der Waals surface area contributed by atoms with Gasteiger partial charge >= 0.3 is 0 Å². The first-order valence-electron chi connectivity index (χ1n) is 10.0.